The molecule has 3 rings (SSSR count). The quantitative estimate of drug-likeness (QED) is 0.710. The van der Waals surface area contributed by atoms with Gasteiger partial charge in [0.05, 0.1) is 21.4 Å². The highest BCUT2D eigenvalue weighted by Gasteiger charge is 2.40. The van der Waals surface area contributed by atoms with Crippen LogP contribution in [0, 0.1) is 0 Å². The maximum Gasteiger partial charge on any atom is 0.270 e. The maximum absolute atomic E-state index is 12.9. The molecule has 8 heteroatoms. The van der Waals surface area contributed by atoms with Crippen molar-refractivity contribution in [3.8, 4) is 5.75 Å². The molecule has 152 valence electrons. The van der Waals surface area contributed by atoms with E-state index in [4.69, 9.17) is 27.9 Å². The number of anilines is 1. The van der Waals surface area contributed by atoms with Crippen molar-refractivity contribution in [1.82, 2.24) is 5.32 Å². The molecule has 0 spiro atoms. The molecule has 1 aliphatic rings. The molecule has 2 amide bonds. The number of ether oxygens (including phenoxy) is 1. The lowest BCUT2D eigenvalue weighted by atomic mass is 10.0. The average Bonchev–Trinajstić information content (AvgIpc) is 2.65. The Morgan fingerprint density at radius 2 is 1.97 bits per heavy atom. The normalized spacial score (nSPS) is 15.2. The van der Waals surface area contributed by atoms with Gasteiger partial charge in [-0.1, -0.05) is 29.3 Å². The van der Waals surface area contributed by atoms with Crippen LogP contribution in [0.5, 0.6) is 5.75 Å². The predicted molar refractivity (Wildman–Crippen MR) is 116 cm³/mol. The number of carbonyl (C=O) groups is 2. The summed E-state index contributed by atoms with van der Waals surface area (Å²) in [5.41, 5.74) is 1.07. The molecule has 29 heavy (non-hydrogen) atoms. The number of fused-ring (bicyclic) bond motifs is 1. The van der Waals surface area contributed by atoms with E-state index in [1.54, 1.807) is 49.2 Å². The molecular formula is C21H21Cl2N3O3. The van der Waals surface area contributed by atoms with E-state index in [1.807, 2.05) is 12.1 Å². The molecule has 2 aromatic rings. The smallest absolute Gasteiger partial charge is 0.270 e. The summed E-state index contributed by atoms with van der Waals surface area (Å²) >= 11 is 12.0. The fourth-order valence-corrected chi connectivity index (χ4v) is 3.25. The number of hydrogen-bond donors (Lipinski definition) is 1. The van der Waals surface area contributed by atoms with Crippen LogP contribution in [0.2, 0.25) is 10.0 Å². The first-order valence-corrected chi connectivity index (χ1v) is 9.81. The second kappa shape index (κ2) is 8.43. The van der Waals surface area contributed by atoms with E-state index in [1.165, 1.54) is 6.92 Å². The Kier molecular flexibility index (Phi) is 6.15. The number of nitrogens with one attached hydrogen (secondary N) is 1. The zero-order chi connectivity index (χ0) is 21.2. The van der Waals surface area contributed by atoms with E-state index in [0.717, 1.165) is 5.56 Å². The Bertz CT molecular complexity index is 989. The van der Waals surface area contributed by atoms with Crippen LogP contribution in [0.1, 0.15) is 26.3 Å². The lowest BCUT2D eigenvalue weighted by Crippen LogP contribution is -2.54. The summed E-state index contributed by atoms with van der Waals surface area (Å²) < 4.78 is 5.87. The summed E-state index contributed by atoms with van der Waals surface area (Å²) in [5, 5.41) is 3.64. The largest absolute Gasteiger partial charge is 0.476 e. The fraction of sp³-hybridized carbons (Fsp3) is 0.286. The Morgan fingerprint density at radius 1 is 1.21 bits per heavy atom. The predicted octanol–water partition coefficient (Wildman–Crippen LogP) is 4.38. The van der Waals surface area contributed by atoms with Crippen molar-refractivity contribution in [2.45, 2.75) is 26.4 Å². The minimum Gasteiger partial charge on any atom is -0.476 e. The molecule has 1 heterocycles. The summed E-state index contributed by atoms with van der Waals surface area (Å²) in [6.45, 7) is 5.56. The topological polar surface area (TPSA) is 71.0 Å². The van der Waals surface area contributed by atoms with Crippen LogP contribution in [0.3, 0.4) is 0 Å². The van der Waals surface area contributed by atoms with Gasteiger partial charge in [0.2, 0.25) is 5.91 Å². The van der Waals surface area contributed by atoms with Gasteiger partial charge in [-0.05, 0) is 49.7 Å². The summed E-state index contributed by atoms with van der Waals surface area (Å²) in [7, 11) is 0. The number of hydrogen-bond acceptors (Lipinski definition) is 4. The minimum absolute atomic E-state index is 0.148. The van der Waals surface area contributed by atoms with Gasteiger partial charge in [-0.3, -0.25) is 14.6 Å². The molecule has 0 saturated heterocycles. The van der Waals surface area contributed by atoms with Gasteiger partial charge >= 0.3 is 0 Å². The molecule has 0 saturated carbocycles. The van der Waals surface area contributed by atoms with Crippen LogP contribution in [0.4, 0.5) is 11.4 Å². The van der Waals surface area contributed by atoms with Gasteiger partial charge in [-0.25, -0.2) is 0 Å². The number of amides is 2. The van der Waals surface area contributed by atoms with Crippen molar-refractivity contribution in [2.24, 2.45) is 4.99 Å². The van der Waals surface area contributed by atoms with Crippen LogP contribution < -0.4 is 15.0 Å². The number of carbonyl (C=O) groups excluding carboxylic acids is 2. The molecule has 0 fully saturated rings. The van der Waals surface area contributed by atoms with E-state index in [-0.39, 0.29) is 11.8 Å². The zero-order valence-electron chi connectivity index (χ0n) is 16.3. The highest BCUT2D eigenvalue weighted by molar-refractivity contribution is 6.42. The molecular weight excluding hydrogens is 413 g/mol. The van der Waals surface area contributed by atoms with Crippen molar-refractivity contribution in [3.63, 3.8) is 0 Å². The lowest BCUT2D eigenvalue weighted by molar-refractivity contribution is -0.132. The molecule has 1 aliphatic heterocycles. The molecule has 0 aliphatic carbocycles. The van der Waals surface area contributed by atoms with Gasteiger partial charge in [-0.2, -0.15) is 0 Å². The maximum atomic E-state index is 12.9. The molecule has 0 aromatic heterocycles. The van der Waals surface area contributed by atoms with Crippen LogP contribution in [0.15, 0.2) is 41.4 Å². The summed E-state index contributed by atoms with van der Waals surface area (Å²) in [6, 6.07) is 10.6. The van der Waals surface area contributed by atoms with Gasteiger partial charge in [0.25, 0.3) is 5.91 Å². The summed E-state index contributed by atoms with van der Waals surface area (Å²) in [6.07, 6.45) is 1.67. The van der Waals surface area contributed by atoms with Crippen molar-refractivity contribution in [1.29, 1.82) is 0 Å². The highest BCUT2D eigenvalue weighted by atomic mass is 35.5. The monoisotopic (exact) mass is 433 g/mol. The first-order chi connectivity index (χ1) is 13.7. The molecule has 0 atom stereocenters. The minimum atomic E-state index is -0.992. The SMILES string of the molecule is CC(=O)NCCN1C(=O)C(C)(C)Oc2ccc(/N=C\c3ccc(Cl)c(Cl)c3)cc21. The van der Waals surface area contributed by atoms with E-state index in [2.05, 4.69) is 10.3 Å². The Balaban J connectivity index is 1.89. The number of halogens is 2. The van der Waals surface area contributed by atoms with Crippen LogP contribution in [0.25, 0.3) is 0 Å². The third kappa shape index (κ3) is 4.89. The molecule has 2 aromatic carbocycles. The third-order valence-corrected chi connectivity index (χ3v) is 5.11. The average molecular weight is 434 g/mol. The molecule has 6 nitrogen and oxygen atoms in total. The second-order valence-corrected chi connectivity index (χ2v) is 7.95. The Hall–Kier alpha value is -2.57. The first-order valence-electron chi connectivity index (χ1n) is 9.06. The van der Waals surface area contributed by atoms with E-state index >= 15 is 0 Å². The number of aliphatic imine (C=N–C) groups is 1. The van der Waals surface area contributed by atoms with Crippen molar-refractivity contribution in [3.05, 3.63) is 52.0 Å². The molecule has 1 N–H and O–H groups in total. The molecule has 0 unspecified atom stereocenters. The van der Waals surface area contributed by atoms with Gasteiger partial charge < -0.3 is 15.0 Å². The fourth-order valence-electron chi connectivity index (χ4n) is 2.94. The van der Waals surface area contributed by atoms with Gasteiger partial charge in [0.1, 0.15) is 5.75 Å². The highest BCUT2D eigenvalue weighted by Crippen LogP contribution is 2.40. The number of nitrogens with zero attached hydrogens (tertiary/aromatic N) is 2. The van der Waals surface area contributed by atoms with E-state index < -0.39 is 5.60 Å². The Morgan fingerprint density at radius 3 is 2.66 bits per heavy atom. The second-order valence-electron chi connectivity index (χ2n) is 7.14. The van der Waals surface area contributed by atoms with Crippen molar-refractivity contribution < 1.29 is 14.3 Å². The van der Waals surface area contributed by atoms with Gasteiger partial charge in [0.15, 0.2) is 5.60 Å². The van der Waals surface area contributed by atoms with Crippen LogP contribution >= 0.6 is 23.2 Å². The number of rotatable bonds is 5. The van der Waals surface area contributed by atoms with Crippen LogP contribution in [-0.4, -0.2) is 36.7 Å². The Labute approximate surface area is 179 Å². The molecule has 0 radical (unpaired) electrons. The van der Waals surface area contributed by atoms with Crippen molar-refractivity contribution >= 4 is 52.6 Å². The van der Waals surface area contributed by atoms with Gasteiger partial charge in [0, 0.05) is 26.2 Å². The standard InChI is InChI=1S/C21H21Cl2N3O3/c1-13(27)24-8-9-26-18-11-15(5-7-19(18)29-21(2,3)20(26)28)25-12-14-4-6-16(22)17(23)10-14/h4-7,10-12H,8-9H2,1-3H3,(H,24,27)/b25-12-. The van der Waals surface area contributed by atoms with E-state index in [9.17, 15) is 9.59 Å². The lowest BCUT2D eigenvalue weighted by Gasteiger charge is -2.38. The molecule has 0 bridgehead atoms. The third-order valence-electron chi connectivity index (χ3n) is 4.37. The van der Waals surface area contributed by atoms with Crippen molar-refractivity contribution in [2.75, 3.05) is 18.0 Å². The van der Waals surface area contributed by atoms with Crippen LogP contribution in [-0.2, 0) is 9.59 Å². The summed E-state index contributed by atoms with van der Waals surface area (Å²) in [4.78, 5) is 30.1. The van der Waals surface area contributed by atoms with E-state index in [0.29, 0.717) is 40.3 Å². The van der Waals surface area contributed by atoms with Gasteiger partial charge in [-0.15, -0.1) is 0 Å². The first kappa shape index (κ1) is 21.1. The number of benzene rings is 2. The zero-order valence-corrected chi connectivity index (χ0v) is 17.8. The summed E-state index contributed by atoms with van der Waals surface area (Å²) in [5.74, 6) is 0.261.